The van der Waals surface area contributed by atoms with Crippen LogP contribution in [0.3, 0.4) is 0 Å². The summed E-state index contributed by atoms with van der Waals surface area (Å²) < 4.78 is 1.30. The maximum atomic E-state index is 5.93. The van der Waals surface area contributed by atoms with Gasteiger partial charge in [0.05, 0.1) is 0 Å². The van der Waals surface area contributed by atoms with Crippen molar-refractivity contribution in [3.63, 3.8) is 0 Å². The number of thiophene rings is 1. The molecule has 2 aromatic heterocycles. The third-order valence-corrected chi connectivity index (χ3v) is 4.71. The van der Waals surface area contributed by atoms with E-state index in [1.165, 1.54) is 35.8 Å². The lowest BCUT2D eigenvalue weighted by Crippen LogP contribution is -2.29. The molecule has 0 unspecified atom stereocenters. The molecule has 0 radical (unpaired) electrons. The van der Waals surface area contributed by atoms with Gasteiger partial charge in [0.25, 0.3) is 0 Å². The second-order valence-electron chi connectivity index (χ2n) is 5.15. The van der Waals surface area contributed by atoms with Crippen molar-refractivity contribution in [2.45, 2.75) is 31.7 Å². The van der Waals surface area contributed by atoms with Gasteiger partial charge in [-0.1, -0.05) is 0 Å². The molecule has 3 N–H and O–H groups in total. The van der Waals surface area contributed by atoms with Gasteiger partial charge in [-0.25, -0.2) is 4.98 Å². The van der Waals surface area contributed by atoms with Crippen molar-refractivity contribution in [1.29, 1.82) is 0 Å². The second-order valence-corrected chi connectivity index (χ2v) is 6.10. The van der Waals surface area contributed by atoms with E-state index < -0.39 is 0 Å². The van der Waals surface area contributed by atoms with Crippen LogP contribution in [-0.4, -0.2) is 17.6 Å². The summed E-state index contributed by atoms with van der Waals surface area (Å²) in [4.78, 5) is 4.45. The van der Waals surface area contributed by atoms with Gasteiger partial charge in [0.1, 0.15) is 5.82 Å². The number of hydrogen-bond acceptors (Lipinski definition) is 4. The molecule has 3 nitrogen and oxygen atoms in total. The molecular weight excluding hydrogens is 242 g/mol. The molecule has 3 rings (SSSR count). The lowest BCUT2D eigenvalue weighted by molar-refractivity contribution is 0.338. The molecular formula is C14H19N3S. The number of nitrogens with zero attached hydrogens (tertiary/aromatic N) is 1. The number of nitrogens with two attached hydrogens (primary N) is 1. The Hall–Kier alpha value is -1.13. The van der Waals surface area contributed by atoms with Crippen molar-refractivity contribution in [2.75, 3.05) is 11.9 Å². The summed E-state index contributed by atoms with van der Waals surface area (Å²) >= 11 is 1.77. The van der Waals surface area contributed by atoms with Gasteiger partial charge in [0.15, 0.2) is 0 Å². The van der Waals surface area contributed by atoms with E-state index >= 15 is 0 Å². The van der Waals surface area contributed by atoms with Crippen molar-refractivity contribution < 1.29 is 0 Å². The summed E-state index contributed by atoms with van der Waals surface area (Å²) in [5.74, 6) is 1.78. The van der Waals surface area contributed by atoms with Crippen LogP contribution in [0, 0.1) is 5.92 Å². The molecule has 0 saturated heterocycles. The first-order valence-corrected chi connectivity index (χ1v) is 7.52. The first-order chi connectivity index (χ1) is 8.83. The number of fused-ring (bicyclic) bond motifs is 1. The molecule has 96 valence electrons. The van der Waals surface area contributed by atoms with Crippen molar-refractivity contribution in [3.8, 4) is 0 Å². The summed E-state index contributed by atoms with van der Waals surface area (Å²) in [6.45, 7) is 1.02. The number of aromatic nitrogens is 1. The minimum atomic E-state index is 0.430. The zero-order chi connectivity index (χ0) is 12.4. The van der Waals surface area contributed by atoms with Gasteiger partial charge in [0.2, 0.25) is 0 Å². The molecule has 1 fully saturated rings. The maximum absolute atomic E-state index is 5.93. The molecule has 2 aromatic rings. The Morgan fingerprint density at radius 2 is 2.11 bits per heavy atom. The average molecular weight is 261 g/mol. The highest BCUT2D eigenvalue weighted by Crippen LogP contribution is 2.27. The number of hydrogen-bond donors (Lipinski definition) is 2. The van der Waals surface area contributed by atoms with Gasteiger partial charge in [0, 0.05) is 28.9 Å². The fraction of sp³-hybridized carbons (Fsp3) is 0.500. The van der Waals surface area contributed by atoms with E-state index in [0.717, 1.165) is 18.3 Å². The Morgan fingerprint density at radius 3 is 2.94 bits per heavy atom. The summed E-state index contributed by atoms with van der Waals surface area (Å²) in [7, 11) is 0. The molecule has 0 bridgehead atoms. The van der Waals surface area contributed by atoms with Gasteiger partial charge in [-0.15, -0.1) is 11.3 Å². The average Bonchev–Trinajstić information content (AvgIpc) is 2.87. The molecule has 1 aliphatic rings. The van der Waals surface area contributed by atoms with Crippen LogP contribution in [0.15, 0.2) is 23.7 Å². The molecule has 2 heterocycles. The Labute approximate surface area is 111 Å². The van der Waals surface area contributed by atoms with E-state index in [1.54, 1.807) is 11.3 Å². The molecule has 4 heteroatoms. The monoisotopic (exact) mass is 261 g/mol. The number of nitrogens with one attached hydrogen (secondary N) is 1. The maximum Gasteiger partial charge on any atom is 0.134 e. The van der Waals surface area contributed by atoms with Crippen molar-refractivity contribution >= 4 is 27.2 Å². The standard InChI is InChI=1S/C14H19N3S/c15-11-3-1-10(2-4-11)9-17-14-12-6-8-18-13(12)5-7-16-14/h5-8,10-11H,1-4,9,15H2,(H,16,17). The molecule has 0 spiro atoms. The zero-order valence-corrected chi connectivity index (χ0v) is 11.2. The minimum Gasteiger partial charge on any atom is -0.369 e. The Kier molecular flexibility index (Phi) is 3.48. The van der Waals surface area contributed by atoms with Crippen LogP contribution in [0.5, 0.6) is 0 Å². The van der Waals surface area contributed by atoms with Gasteiger partial charge in [-0.3, -0.25) is 0 Å². The van der Waals surface area contributed by atoms with E-state index in [2.05, 4.69) is 27.8 Å². The molecule has 1 aliphatic carbocycles. The quantitative estimate of drug-likeness (QED) is 0.892. The van der Waals surface area contributed by atoms with Crippen molar-refractivity contribution in [2.24, 2.45) is 11.7 Å². The smallest absolute Gasteiger partial charge is 0.134 e. The van der Waals surface area contributed by atoms with E-state index in [1.807, 2.05) is 6.20 Å². The van der Waals surface area contributed by atoms with E-state index in [-0.39, 0.29) is 0 Å². The summed E-state index contributed by atoms with van der Waals surface area (Å²) in [5, 5.41) is 6.88. The molecule has 1 saturated carbocycles. The lowest BCUT2D eigenvalue weighted by atomic mass is 9.86. The highest BCUT2D eigenvalue weighted by atomic mass is 32.1. The predicted molar refractivity (Wildman–Crippen MR) is 78.0 cm³/mol. The van der Waals surface area contributed by atoms with Crippen LogP contribution in [0.4, 0.5) is 5.82 Å². The van der Waals surface area contributed by atoms with Crippen LogP contribution in [0.25, 0.3) is 10.1 Å². The van der Waals surface area contributed by atoms with Crippen LogP contribution in [-0.2, 0) is 0 Å². The van der Waals surface area contributed by atoms with E-state index in [0.29, 0.717) is 6.04 Å². The normalized spacial score (nSPS) is 24.3. The SMILES string of the molecule is NC1CCC(CNc2nccc3sccc23)CC1. The van der Waals surface area contributed by atoms with Crippen LogP contribution in [0.1, 0.15) is 25.7 Å². The van der Waals surface area contributed by atoms with Gasteiger partial charge in [-0.2, -0.15) is 0 Å². The highest BCUT2D eigenvalue weighted by molar-refractivity contribution is 7.17. The number of rotatable bonds is 3. The summed E-state index contributed by atoms with van der Waals surface area (Å²) in [6, 6.07) is 4.65. The third kappa shape index (κ3) is 2.49. The topological polar surface area (TPSA) is 50.9 Å². The first kappa shape index (κ1) is 11.9. The highest BCUT2D eigenvalue weighted by Gasteiger charge is 2.18. The minimum absolute atomic E-state index is 0.430. The Balaban J connectivity index is 1.64. The third-order valence-electron chi connectivity index (χ3n) is 3.83. The van der Waals surface area contributed by atoms with Crippen molar-refractivity contribution in [1.82, 2.24) is 4.98 Å². The van der Waals surface area contributed by atoms with Gasteiger partial charge in [-0.05, 0) is 49.1 Å². The number of pyridine rings is 1. The fourth-order valence-electron chi connectivity index (χ4n) is 2.67. The Morgan fingerprint density at radius 1 is 1.28 bits per heavy atom. The first-order valence-electron chi connectivity index (χ1n) is 6.64. The van der Waals surface area contributed by atoms with Crippen molar-refractivity contribution in [3.05, 3.63) is 23.7 Å². The number of anilines is 1. The van der Waals surface area contributed by atoms with E-state index in [4.69, 9.17) is 5.73 Å². The second kappa shape index (κ2) is 5.24. The van der Waals surface area contributed by atoms with Gasteiger partial charge >= 0.3 is 0 Å². The van der Waals surface area contributed by atoms with Crippen LogP contribution in [0.2, 0.25) is 0 Å². The molecule has 0 amide bonds. The zero-order valence-electron chi connectivity index (χ0n) is 10.4. The van der Waals surface area contributed by atoms with Crippen LogP contribution >= 0.6 is 11.3 Å². The largest absolute Gasteiger partial charge is 0.369 e. The molecule has 18 heavy (non-hydrogen) atoms. The molecule has 0 atom stereocenters. The van der Waals surface area contributed by atoms with Gasteiger partial charge < -0.3 is 11.1 Å². The lowest BCUT2D eigenvalue weighted by Gasteiger charge is -2.26. The summed E-state index contributed by atoms with van der Waals surface area (Å²) in [5.41, 5.74) is 5.93. The predicted octanol–water partition coefficient (Wildman–Crippen LogP) is 3.23. The molecule has 0 aliphatic heterocycles. The Bertz CT molecular complexity index is 514. The van der Waals surface area contributed by atoms with Crippen LogP contribution < -0.4 is 11.1 Å². The van der Waals surface area contributed by atoms with E-state index in [9.17, 15) is 0 Å². The molecule has 0 aromatic carbocycles. The fourth-order valence-corrected chi connectivity index (χ4v) is 3.45. The summed E-state index contributed by atoms with van der Waals surface area (Å²) in [6.07, 6.45) is 6.71.